The van der Waals surface area contributed by atoms with Crippen LogP contribution in [0, 0.1) is 5.92 Å². The van der Waals surface area contributed by atoms with E-state index in [1.165, 1.54) is 11.3 Å². The van der Waals surface area contributed by atoms with Crippen LogP contribution in [0.4, 0.5) is 11.4 Å². The van der Waals surface area contributed by atoms with Crippen LogP contribution in [0.1, 0.15) is 16.6 Å². The molecule has 0 radical (unpaired) electrons. The Hall–Kier alpha value is -2.18. The highest BCUT2D eigenvalue weighted by atomic mass is 32.1. The summed E-state index contributed by atoms with van der Waals surface area (Å²) in [6.45, 7) is 2.47. The minimum absolute atomic E-state index is 0.0592. The second kappa shape index (κ2) is 7.72. The fourth-order valence-corrected chi connectivity index (χ4v) is 2.56. The van der Waals surface area contributed by atoms with E-state index >= 15 is 0 Å². The monoisotopic (exact) mass is 317 g/mol. The van der Waals surface area contributed by atoms with E-state index in [0.717, 1.165) is 0 Å². The molecule has 1 unspecified atom stereocenters. The van der Waals surface area contributed by atoms with Gasteiger partial charge >= 0.3 is 0 Å². The average Bonchev–Trinajstić information content (AvgIpc) is 3.02. The summed E-state index contributed by atoms with van der Waals surface area (Å²) < 4.78 is 0. The topological polar surface area (TPSA) is 70.2 Å². The standard InChI is InChI=1S/C16H19N3O2S/c1-11(10-17-2)15(20)18-12-5-3-6-13(9-12)19-16(21)14-7-4-8-22-14/h3-9,11,17H,10H2,1-2H3,(H,18,20)(H,19,21). The van der Waals surface area contributed by atoms with Crippen molar-refractivity contribution >= 4 is 34.5 Å². The highest BCUT2D eigenvalue weighted by molar-refractivity contribution is 7.12. The van der Waals surface area contributed by atoms with Gasteiger partial charge in [-0.3, -0.25) is 9.59 Å². The van der Waals surface area contributed by atoms with Crippen LogP contribution in [-0.4, -0.2) is 25.4 Å². The summed E-state index contributed by atoms with van der Waals surface area (Å²) in [5.74, 6) is -0.340. The van der Waals surface area contributed by atoms with Crippen molar-refractivity contribution in [3.63, 3.8) is 0 Å². The van der Waals surface area contributed by atoms with Crippen LogP contribution in [0.3, 0.4) is 0 Å². The minimum atomic E-state index is -0.151. The number of hydrogen-bond donors (Lipinski definition) is 3. The zero-order valence-electron chi connectivity index (χ0n) is 12.6. The molecule has 0 fully saturated rings. The van der Waals surface area contributed by atoms with Crippen LogP contribution in [0.15, 0.2) is 41.8 Å². The van der Waals surface area contributed by atoms with E-state index in [1.807, 2.05) is 25.4 Å². The fourth-order valence-electron chi connectivity index (χ4n) is 1.94. The van der Waals surface area contributed by atoms with Crippen molar-refractivity contribution in [1.82, 2.24) is 5.32 Å². The molecule has 0 aliphatic rings. The Kier molecular flexibility index (Phi) is 5.68. The number of anilines is 2. The smallest absolute Gasteiger partial charge is 0.265 e. The van der Waals surface area contributed by atoms with Crippen LogP contribution in [0.5, 0.6) is 0 Å². The summed E-state index contributed by atoms with van der Waals surface area (Å²) in [7, 11) is 1.81. The molecule has 0 spiro atoms. The lowest BCUT2D eigenvalue weighted by Crippen LogP contribution is -2.28. The summed E-state index contributed by atoms with van der Waals surface area (Å²) in [4.78, 5) is 24.6. The highest BCUT2D eigenvalue weighted by Crippen LogP contribution is 2.18. The first-order chi connectivity index (χ1) is 10.6. The van der Waals surface area contributed by atoms with E-state index in [-0.39, 0.29) is 17.7 Å². The normalized spacial score (nSPS) is 11.7. The van der Waals surface area contributed by atoms with Crippen LogP contribution < -0.4 is 16.0 Å². The fraction of sp³-hybridized carbons (Fsp3) is 0.250. The van der Waals surface area contributed by atoms with Gasteiger partial charge in [0.1, 0.15) is 0 Å². The molecule has 116 valence electrons. The number of carbonyl (C=O) groups is 2. The van der Waals surface area contributed by atoms with Crippen LogP contribution in [0.2, 0.25) is 0 Å². The average molecular weight is 317 g/mol. The molecular formula is C16H19N3O2S. The summed E-state index contributed by atoms with van der Waals surface area (Å²) in [5, 5.41) is 10.5. The lowest BCUT2D eigenvalue weighted by Gasteiger charge is -2.12. The molecule has 2 rings (SSSR count). The first-order valence-electron chi connectivity index (χ1n) is 7.00. The van der Waals surface area contributed by atoms with Crippen molar-refractivity contribution in [2.75, 3.05) is 24.2 Å². The van der Waals surface area contributed by atoms with E-state index in [0.29, 0.717) is 22.8 Å². The third-order valence-electron chi connectivity index (χ3n) is 3.09. The van der Waals surface area contributed by atoms with E-state index in [4.69, 9.17) is 0 Å². The minimum Gasteiger partial charge on any atom is -0.326 e. The molecule has 0 aliphatic heterocycles. The quantitative estimate of drug-likeness (QED) is 0.767. The molecule has 5 nitrogen and oxygen atoms in total. The second-order valence-electron chi connectivity index (χ2n) is 4.96. The molecular weight excluding hydrogens is 298 g/mol. The Morgan fingerprint density at radius 2 is 1.86 bits per heavy atom. The molecule has 2 amide bonds. The van der Waals surface area contributed by atoms with Gasteiger partial charge in [-0.2, -0.15) is 0 Å². The third kappa shape index (κ3) is 4.41. The van der Waals surface area contributed by atoms with Gasteiger partial charge < -0.3 is 16.0 Å². The Labute approximate surface area is 133 Å². The first kappa shape index (κ1) is 16.2. The van der Waals surface area contributed by atoms with E-state index in [9.17, 15) is 9.59 Å². The van der Waals surface area contributed by atoms with Gasteiger partial charge in [-0.25, -0.2) is 0 Å². The summed E-state index contributed by atoms with van der Waals surface area (Å²) in [5.41, 5.74) is 1.31. The first-order valence-corrected chi connectivity index (χ1v) is 7.88. The molecule has 0 bridgehead atoms. The van der Waals surface area contributed by atoms with Crippen molar-refractivity contribution in [1.29, 1.82) is 0 Å². The van der Waals surface area contributed by atoms with E-state index < -0.39 is 0 Å². The second-order valence-corrected chi connectivity index (χ2v) is 5.91. The number of hydrogen-bond acceptors (Lipinski definition) is 4. The predicted octanol–water partition coefficient (Wildman–Crippen LogP) is 2.79. The van der Waals surface area contributed by atoms with E-state index in [1.54, 1.807) is 30.3 Å². The van der Waals surface area contributed by atoms with Crippen molar-refractivity contribution in [2.45, 2.75) is 6.92 Å². The molecule has 1 heterocycles. The number of nitrogens with one attached hydrogen (secondary N) is 3. The number of thiophene rings is 1. The molecule has 2 aromatic rings. The number of carbonyl (C=O) groups excluding carboxylic acids is 2. The number of amides is 2. The van der Waals surface area contributed by atoms with Gasteiger partial charge in [0, 0.05) is 23.8 Å². The van der Waals surface area contributed by atoms with Gasteiger partial charge in [0.25, 0.3) is 5.91 Å². The molecule has 22 heavy (non-hydrogen) atoms. The summed E-state index contributed by atoms with van der Waals surface area (Å²) in [6, 6.07) is 10.7. The zero-order valence-corrected chi connectivity index (χ0v) is 13.4. The Morgan fingerprint density at radius 3 is 2.50 bits per heavy atom. The van der Waals surface area contributed by atoms with Crippen LogP contribution in [0.25, 0.3) is 0 Å². The predicted molar refractivity (Wildman–Crippen MR) is 90.4 cm³/mol. The molecule has 6 heteroatoms. The van der Waals surface area contributed by atoms with Gasteiger partial charge in [-0.1, -0.05) is 19.1 Å². The summed E-state index contributed by atoms with van der Waals surface area (Å²) in [6.07, 6.45) is 0. The lowest BCUT2D eigenvalue weighted by atomic mass is 10.1. The Balaban J connectivity index is 2.01. The molecule has 0 saturated heterocycles. The molecule has 0 aliphatic carbocycles. The van der Waals surface area contributed by atoms with E-state index in [2.05, 4.69) is 16.0 Å². The van der Waals surface area contributed by atoms with Crippen molar-refractivity contribution in [2.24, 2.45) is 5.92 Å². The van der Waals surface area contributed by atoms with Crippen molar-refractivity contribution < 1.29 is 9.59 Å². The van der Waals surface area contributed by atoms with Gasteiger partial charge in [0.05, 0.1) is 4.88 Å². The molecule has 0 saturated carbocycles. The largest absolute Gasteiger partial charge is 0.326 e. The maximum absolute atomic E-state index is 12.0. The van der Waals surface area contributed by atoms with Gasteiger partial charge in [0.2, 0.25) is 5.91 Å². The van der Waals surface area contributed by atoms with Gasteiger partial charge in [0.15, 0.2) is 0 Å². The molecule has 1 atom stereocenters. The molecule has 3 N–H and O–H groups in total. The lowest BCUT2D eigenvalue weighted by molar-refractivity contribution is -0.119. The Bertz CT molecular complexity index is 641. The summed E-state index contributed by atoms with van der Waals surface area (Å²) >= 11 is 1.39. The van der Waals surface area contributed by atoms with Crippen molar-refractivity contribution in [3.05, 3.63) is 46.7 Å². The Morgan fingerprint density at radius 1 is 1.14 bits per heavy atom. The number of rotatable bonds is 6. The maximum atomic E-state index is 12.0. The third-order valence-corrected chi connectivity index (χ3v) is 3.96. The number of benzene rings is 1. The molecule has 1 aromatic heterocycles. The van der Waals surface area contributed by atoms with Gasteiger partial charge in [-0.15, -0.1) is 11.3 Å². The zero-order chi connectivity index (χ0) is 15.9. The van der Waals surface area contributed by atoms with Gasteiger partial charge in [-0.05, 0) is 36.7 Å². The maximum Gasteiger partial charge on any atom is 0.265 e. The van der Waals surface area contributed by atoms with Crippen LogP contribution >= 0.6 is 11.3 Å². The van der Waals surface area contributed by atoms with Crippen molar-refractivity contribution in [3.8, 4) is 0 Å². The highest BCUT2D eigenvalue weighted by Gasteiger charge is 2.12. The molecule has 1 aromatic carbocycles. The van der Waals surface area contributed by atoms with Crippen LogP contribution in [-0.2, 0) is 4.79 Å². The SMILES string of the molecule is CNCC(C)C(=O)Nc1cccc(NC(=O)c2cccs2)c1.